The molecule has 1 aromatic heterocycles. The number of hydrogen-bond donors (Lipinski definition) is 0. The Morgan fingerprint density at radius 3 is 1.66 bits per heavy atom. The predicted octanol–water partition coefficient (Wildman–Crippen LogP) is 13.8. The molecule has 0 aliphatic carbocycles. The Bertz CT molecular complexity index is 3330. The maximum atomic E-state index is 9.26. The van der Waals surface area contributed by atoms with Crippen molar-refractivity contribution in [2.24, 2.45) is 0 Å². The second kappa shape index (κ2) is 11.4. The minimum Gasteiger partial charge on any atom is -0.309 e. The van der Waals surface area contributed by atoms with Gasteiger partial charge in [0.2, 0.25) is 0 Å². The highest BCUT2D eigenvalue weighted by Crippen LogP contribution is 2.43. The zero-order valence-electron chi connectivity index (χ0n) is 28.7. The SMILES string of the molecule is N#Cc1ccc(-c2ccc3ccc(-c4ccc5c(c4)c4ccccc4c4cc6c7c8ccccc8ccc7n(-c7ccccc7)c6cc54)cc3c2)cc1. The third-order valence-electron chi connectivity index (χ3n) is 11.1. The number of nitriles is 1. The molecule has 0 atom stereocenters. The molecule has 11 rings (SSSR count). The molecule has 2 nitrogen and oxygen atoms in total. The summed E-state index contributed by atoms with van der Waals surface area (Å²) in [5.41, 5.74) is 8.89. The Labute approximate surface area is 306 Å². The van der Waals surface area contributed by atoms with Gasteiger partial charge in [-0.15, -0.1) is 0 Å². The average molecular weight is 671 g/mol. The molecule has 0 amide bonds. The molecule has 0 N–H and O–H groups in total. The van der Waals surface area contributed by atoms with E-state index in [1.807, 2.05) is 24.3 Å². The van der Waals surface area contributed by atoms with E-state index < -0.39 is 0 Å². The summed E-state index contributed by atoms with van der Waals surface area (Å²) in [4.78, 5) is 0. The normalized spacial score (nSPS) is 11.8. The lowest BCUT2D eigenvalue weighted by atomic mass is 9.90. The second-order valence-corrected chi connectivity index (χ2v) is 14.0. The van der Waals surface area contributed by atoms with Crippen LogP contribution in [0.4, 0.5) is 0 Å². The first kappa shape index (κ1) is 29.5. The van der Waals surface area contributed by atoms with Crippen molar-refractivity contribution in [3.8, 4) is 34.0 Å². The van der Waals surface area contributed by atoms with Crippen molar-refractivity contribution in [2.75, 3.05) is 0 Å². The molecule has 53 heavy (non-hydrogen) atoms. The minimum atomic E-state index is 0.671. The van der Waals surface area contributed by atoms with Crippen LogP contribution in [0.15, 0.2) is 182 Å². The van der Waals surface area contributed by atoms with Gasteiger partial charge in [-0.3, -0.25) is 0 Å². The summed E-state index contributed by atoms with van der Waals surface area (Å²) >= 11 is 0. The van der Waals surface area contributed by atoms with Gasteiger partial charge in [-0.05, 0) is 137 Å². The van der Waals surface area contributed by atoms with Crippen molar-refractivity contribution in [3.63, 3.8) is 0 Å². The number of benzene rings is 10. The zero-order valence-corrected chi connectivity index (χ0v) is 28.7. The summed E-state index contributed by atoms with van der Waals surface area (Å²) in [5, 5.41) is 24.3. The number of rotatable bonds is 3. The molecule has 0 fully saturated rings. The van der Waals surface area contributed by atoms with Gasteiger partial charge in [-0.25, -0.2) is 0 Å². The lowest BCUT2D eigenvalue weighted by Gasteiger charge is -2.14. The fourth-order valence-corrected chi connectivity index (χ4v) is 8.61. The highest BCUT2D eigenvalue weighted by Gasteiger charge is 2.18. The van der Waals surface area contributed by atoms with E-state index in [2.05, 4.69) is 168 Å². The lowest BCUT2D eigenvalue weighted by molar-refractivity contribution is 1.18. The molecule has 0 saturated heterocycles. The summed E-state index contributed by atoms with van der Waals surface area (Å²) in [5.74, 6) is 0. The molecule has 1 heterocycles. The molecule has 2 heteroatoms. The van der Waals surface area contributed by atoms with Gasteiger partial charge in [-0.1, -0.05) is 121 Å². The van der Waals surface area contributed by atoms with Crippen molar-refractivity contribution in [1.29, 1.82) is 5.26 Å². The van der Waals surface area contributed by atoms with Gasteiger partial charge in [0.05, 0.1) is 22.7 Å². The fraction of sp³-hybridized carbons (Fsp3) is 0. The van der Waals surface area contributed by atoms with Crippen LogP contribution in [0, 0.1) is 11.3 Å². The van der Waals surface area contributed by atoms with Crippen LogP contribution in [0.3, 0.4) is 0 Å². The van der Waals surface area contributed by atoms with Crippen LogP contribution in [-0.2, 0) is 0 Å². The number of hydrogen-bond acceptors (Lipinski definition) is 1. The fourth-order valence-electron chi connectivity index (χ4n) is 8.61. The smallest absolute Gasteiger partial charge is 0.0991 e. The molecule has 0 saturated carbocycles. The Hall–Kier alpha value is -7.21. The summed E-state index contributed by atoms with van der Waals surface area (Å²) in [6.45, 7) is 0. The quantitative estimate of drug-likeness (QED) is 0.172. The standard InChI is InChI=1S/C51H30N2/c52-31-32-14-16-33(17-15-32)36-20-18-34-19-21-37(27-39(34)26-36)38-22-24-44-45(28-38)42-12-6-7-13-43(42)46-29-48-50(30-47(44)46)53(40-9-2-1-3-10-40)49-25-23-35-8-4-5-11-41(35)51(48)49/h1-30H. The van der Waals surface area contributed by atoms with Crippen molar-refractivity contribution < 1.29 is 0 Å². The van der Waals surface area contributed by atoms with Gasteiger partial charge < -0.3 is 4.57 Å². The van der Waals surface area contributed by atoms with E-state index in [1.54, 1.807) is 0 Å². The third-order valence-corrected chi connectivity index (χ3v) is 11.1. The molecule has 0 aliphatic heterocycles. The molecular formula is C51H30N2. The van der Waals surface area contributed by atoms with Crippen LogP contribution in [0.2, 0.25) is 0 Å². The minimum absolute atomic E-state index is 0.671. The van der Waals surface area contributed by atoms with Gasteiger partial charge in [0.25, 0.3) is 0 Å². The number of nitrogens with zero attached hydrogens (tertiary/aromatic N) is 2. The van der Waals surface area contributed by atoms with E-state index in [1.165, 1.54) is 86.8 Å². The zero-order chi connectivity index (χ0) is 35.0. The Balaban J connectivity index is 1.16. The summed E-state index contributed by atoms with van der Waals surface area (Å²) in [7, 11) is 0. The molecule has 10 aromatic carbocycles. The van der Waals surface area contributed by atoms with Crippen LogP contribution < -0.4 is 0 Å². The first-order chi connectivity index (χ1) is 26.2. The molecule has 0 unspecified atom stereocenters. The molecule has 0 bridgehead atoms. The average Bonchev–Trinajstić information content (AvgIpc) is 3.56. The molecule has 0 spiro atoms. The predicted molar refractivity (Wildman–Crippen MR) is 224 cm³/mol. The van der Waals surface area contributed by atoms with Crippen LogP contribution in [0.5, 0.6) is 0 Å². The maximum absolute atomic E-state index is 9.26. The van der Waals surface area contributed by atoms with E-state index in [0.29, 0.717) is 5.56 Å². The Kier molecular flexibility index (Phi) is 6.35. The van der Waals surface area contributed by atoms with Gasteiger partial charge >= 0.3 is 0 Å². The molecule has 0 radical (unpaired) electrons. The first-order valence-electron chi connectivity index (χ1n) is 18.1. The molecular weight excluding hydrogens is 641 g/mol. The van der Waals surface area contributed by atoms with Gasteiger partial charge in [0, 0.05) is 16.5 Å². The summed E-state index contributed by atoms with van der Waals surface area (Å²) in [6, 6.07) is 68.2. The summed E-state index contributed by atoms with van der Waals surface area (Å²) in [6.07, 6.45) is 0. The van der Waals surface area contributed by atoms with Crippen molar-refractivity contribution in [2.45, 2.75) is 0 Å². The van der Waals surface area contributed by atoms with E-state index in [9.17, 15) is 5.26 Å². The highest BCUT2D eigenvalue weighted by molar-refractivity contribution is 6.31. The van der Waals surface area contributed by atoms with Gasteiger partial charge in [-0.2, -0.15) is 5.26 Å². The monoisotopic (exact) mass is 670 g/mol. The second-order valence-electron chi connectivity index (χ2n) is 14.0. The third kappa shape index (κ3) is 4.51. The van der Waals surface area contributed by atoms with Crippen molar-refractivity contribution >= 4 is 75.7 Å². The lowest BCUT2D eigenvalue weighted by Crippen LogP contribution is -1.93. The van der Waals surface area contributed by atoms with Gasteiger partial charge in [0.1, 0.15) is 0 Å². The summed E-state index contributed by atoms with van der Waals surface area (Å²) < 4.78 is 2.44. The Morgan fingerprint density at radius 1 is 0.340 bits per heavy atom. The Morgan fingerprint density at radius 2 is 0.906 bits per heavy atom. The molecule has 11 aromatic rings. The van der Waals surface area contributed by atoms with E-state index in [0.717, 1.165) is 16.8 Å². The number of fused-ring (bicyclic) bond motifs is 12. The molecule has 0 aliphatic rings. The van der Waals surface area contributed by atoms with E-state index in [4.69, 9.17) is 0 Å². The number of para-hydroxylation sites is 1. The van der Waals surface area contributed by atoms with Crippen LogP contribution in [0.1, 0.15) is 5.56 Å². The van der Waals surface area contributed by atoms with Gasteiger partial charge in [0.15, 0.2) is 0 Å². The van der Waals surface area contributed by atoms with Crippen molar-refractivity contribution in [1.82, 2.24) is 4.57 Å². The van der Waals surface area contributed by atoms with E-state index in [-0.39, 0.29) is 0 Å². The number of aromatic nitrogens is 1. The van der Waals surface area contributed by atoms with Crippen LogP contribution in [-0.4, -0.2) is 4.57 Å². The maximum Gasteiger partial charge on any atom is 0.0991 e. The van der Waals surface area contributed by atoms with Crippen molar-refractivity contribution in [3.05, 3.63) is 188 Å². The van der Waals surface area contributed by atoms with Crippen LogP contribution >= 0.6 is 0 Å². The van der Waals surface area contributed by atoms with Crippen LogP contribution in [0.25, 0.3) is 104 Å². The molecule has 244 valence electrons. The highest BCUT2D eigenvalue weighted by atomic mass is 15.0. The topological polar surface area (TPSA) is 28.7 Å². The first-order valence-corrected chi connectivity index (χ1v) is 18.1. The largest absolute Gasteiger partial charge is 0.309 e. The van der Waals surface area contributed by atoms with E-state index >= 15 is 0 Å².